The van der Waals surface area contributed by atoms with Gasteiger partial charge < -0.3 is 15.0 Å². The quantitative estimate of drug-likeness (QED) is 0.864. The van der Waals surface area contributed by atoms with Crippen LogP contribution in [0.25, 0.3) is 0 Å². The summed E-state index contributed by atoms with van der Waals surface area (Å²) in [6.07, 6.45) is 2.76. The highest BCUT2D eigenvalue weighted by Crippen LogP contribution is 2.29. The van der Waals surface area contributed by atoms with E-state index in [0.717, 1.165) is 19.7 Å². The lowest BCUT2D eigenvalue weighted by molar-refractivity contribution is 0.0839. The SMILES string of the molecule is CNC(C)c1ccc2c(c1)CCCN2CCOC(C)C. The molecule has 1 heterocycles. The Kier molecular flexibility index (Phi) is 5.44. The molecule has 112 valence electrons. The Balaban J connectivity index is 2.07. The largest absolute Gasteiger partial charge is 0.377 e. The molecule has 2 rings (SSSR count). The van der Waals surface area contributed by atoms with Gasteiger partial charge in [0.25, 0.3) is 0 Å². The van der Waals surface area contributed by atoms with E-state index >= 15 is 0 Å². The van der Waals surface area contributed by atoms with E-state index in [9.17, 15) is 0 Å². The van der Waals surface area contributed by atoms with Gasteiger partial charge in [0.15, 0.2) is 0 Å². The van der Waals surface area contributed by atoms with Crippen LogP contribution in [-0.2, 0) is 11.2 Å². The average molecular weight is 276 g/mol. The summed E-state index contributed by atoms with van der Waals surface area (Å²) in [5, 5.41) is 3.31. The van der Waals surface area contributed by atoms with E-state index in [-0.39, 0.29) is 0 Å². The molecule has 1 aromatic carbocycles. The van der Waals surface area contributed by atoms with Gasteiger partial charge in [-0.2, -0.15) is 0 Å². The van der Waals surface area contributed by atoms with E-state index in [0.29, 0.717) is 12.1 Å². The number of nitrogens with one attached hydrogen (secondary N) is 1. The van der Waals surface area contributed by atoms with Crippen molar-refractivity contribution in [2.75, 3.05) is 31.6 Å². The van der Waals surface area contributed by atoms with Gasteiger partial charge in [0.05, 0.1) is 12.7 Å². The minimum Gasteiger partial charge on any atom is -0.377 e. The number of fused-ring (bicyclic) bond motifs is 1. The maximum atomic E-state index is 5.69. The first-order chi connectivity index (χ1) is 9.61. The predicted molar refractivity (Wildman–Crippen MR) is 85.5 cm³/mol. The Hall–Kier alpha value is -1.06. The highest BCUT2D eigenvalue weighted by molar-refractivity contribution is 5.57. The van der Waals surface area contributed by atoms with Gasteiger partial charge in [-0.3, -0.25) is 0 Å². The predicted octanol–water partition coefficient (Wildman–Crippen LogP) is 3.14. The summed E-state index contributed by atoms with van der Waals surface area (Å²) in [5.74, 6) is 0. The van der Waals surface area contributed by atoms with Crippen molar-refractivity contribution < 1.29 is 4.74 Å². The topological polar surface area (TPSA) is 24.5 Å². The van der Waals surface area contributed by atoms with Crippen LogP contribution < -0.4 is 10.2 Å². The van der Waals surface area contributed by atoms with Crippen molar-refractivity contribution in [3.63, 3.8) is 0 Å². The summed E-state index contributed by atoms with van der Waals surface area (Å²) in [5.41, 5.74) is 4.27. The molecule has 0 amide bonds. The smallest absolute Gasteiger partial charge is 0.0645 e. The second-order valence-corrected chi connectivity index (χ2v) is 5.91. The molecule has 20 heavy (non-hydrogen) atoms. The molecular formula is C17H28N2O. The average Bonchev–Trinajstić information content (AvgIpc) is 2.45. The van der Waals surface area contributed by atoms with E-state index in [1.54, 1.807) is 0 Å². The van der Waals surface area contributed by atoms with Gasteiger partial charge >= 0.3 is 0 Å². The van der Waals surface area contributed by atoms with Crippen molar-refractivity contribution in [3.05, 3.63) is 29.3 Å². The van der Waals surface area contributed by atoms with Crippen LogP contribution in [0.4, 0.5) is 5.69 Å². The van der Waals surface area contributed by atoms with E-state index in [2.05, 4.69) is 49.2 Å². The van der Waals surface area contributed by atoms with Crippen LogP contribution in [-0.4, -0.2) is 32.8 Å². The monoisotopic (exact) mass is 276 g/mol. The molecule has 1 N–H and O–H groups in total. The standard InChI is InChI=1S/C17H28N2O/c1-13(2)20-11-10-19-9-5-6-16-12-15(14(3)18-4)7-8-17(16)19/h7-8,12-14,18H,5-6,9-11H2,1-4H3. The van der Waals surface area contributed by atoms with Gasteiger partial charge in [0.1, 0.15) is 0 Å². The van der Waals surface area contributed by atoms with Crippen LogP contribution >= 0.6 is 0 Å². The third-order valence-corrected chi connectivity index (χ3v) is 4.06. The van der Waals surface area contributed by atoms with Crippen molar-refractivity contribution >= 4 is 5.69 Å². The summed E-state index contributed by atoms with van der Waals surface area (Å²) in [4.78, 5) is 2.47. The van der Waals surface area contributed by atoms with Crippen LogP contribution in [0.5, 0.6) is 0 Å². The number of hydrogen-bond acceptors (Lipinski definition) is 3. The summed E-state index contributed by atoms with van der Waals surface area (Å²) >= 11 is 0. The lowest BCUT2D eigenvalue weighted by Gasteiger charge is -2.32. The van der Waals surface area contributed by atoms with E-state index in [1.165, 1.54) is 29.7 Å². The van der Waals surface area contributed by atoms with Crippen LogP contribution in [0, 0.1) is 0 Å². The molecule has 0 spiro atoms. The molecular weight excluding hydrogens is 248 g/mol. The lowest BCUT2D eigenvalue weighted by Crippen LogP contribution is -2.33. The third kappa shape index (κ3) is 3.74. The third-order valence-electron chi connectivity index (χ3n) is 4.06. The van der Waals surface area contributed by atoms with Crippen molar-refractivity contribution in [1.29, 1.82) is 0 Å². The number of hydrogen-bond donors (Lipinski definition) is 1. The molecule has 0 aliphatic carbocycles. The second-order valence-electron chi connectivity index (χ2n) is 5.91. The highest BCUT2D eigenvalue weighted by Gasteiger charge is 2.17. The Labute approximate surface area is 123 Å². The van der Waals surface area contributed by atoms with Gasteiger partial charge in [0, 0.05) is 24.8 Å². The Bertz CT molecular complexity index is 431. The van der Waals surface area contributed by atoms with Crippen molar-refractivity contribution in [1.82, 2.24) is 5.32 Å². The normalized spacial score (nSPS) is 16.4. The summed E-state index contributed by atoms with van der Waals surface area (Å²) in [7, 11) is 2.01. The zero-order valence-corrected chi connectivity index (χ0v) is 13.3. The molecule has 3 heteroatoms. The van der Waals surface area contributed by atoms with Crippen LogP contribution in [0.1, 0.15) is 44.4 Å². The highest BCUT2D eigenvalue weighted by atomic mass is 16.5. The minimum absolute atomic E-state index is 0.318. The molecule has 0 radical (unpaired) electrons. The van der Waals surface area contributed by atoms with E-state index in [1.807, 2.05) is 7.05 Å². The molecule has 1 unspecified atom stereocenters. The van der Waals surface area contributed by atoms with Crippen LogP contribution in [0.2, 0.25) is 0 Å². The van der Waals surface area contributed by atoms with Gasteiger partial charge in [-0.25, -0.2) is 0 Å². The molecule has 1 aromatic rings. The Morgan fingerprint density at radius 2 is 2.10 bits per heavy atom. The van der Waals surface area contributed by atoms with Gasteiger partial charge in [-0.05, 0) is 57.9 Å². The van der Waals surface area contributed by atoms with Crippen molar-refractivity contribution in [2.24, 2.45) is 0 Å². The fraction of sp³-hybridized carbons (Fsp3) is 0.647. The van der Waals surface area contributed by atoms with Gasteiger partial charge in [-0.1, -0.05) is 12.1 Å². The minimum atomic E-state index is 0.318. The number of aryl methyl sites for hydroxylation is 1. The summed E-state index contributed by atoms with van der Waals surface area (Å²) < 4.78 is 5.69. The van der Waals surface area contributed by atoms with E-state index < -0.39 is 0 Å². The number of ether oxygens (including phenoxy) is 1. The van der Waals surface area contributed by atoms with Crippen molar-refractivity contribution in [3.8, 4) is 0 Å². The number of nitrogens with zero attached hydrogens (tertiary/aromatic N) is 1. The molecule has 0 aromatic heterocycles. The zero-order valence-electron chi connectivity index (χ0n) is 13.3. The first-order valence-electron chi connectivity index (χ1n) is 7.78. The van der Waals surface area contributed by atoms with Crippen LogP contribution in [0.15, 0.2) is 18.2 Å². The molecule has 0 saturated carbocycles. The first kappa shape index (κ1) is 15.3. The summed E-state index contributed by atoms with van der Waals surface area (Å²) in [6.45, 7) is 9.34. The van der Waals surface area contributed by atoms with E-state index in [4.69, 9.17) is 4.74 Å². The summed E-state index contributed by atoms with van der Waals surface area (Å²) in [6, 6.07) is 7.32. The lowest BCUT2D eigenvalue weighted by atomic mass is 9.97. The number of anilines is 1. The van der Waals surface area contributed by atoms with Crippen LogP contribution in [0.3, 0.4) is 0 Å². The molecule has 0 fully saturated rings. The Morgan fingerprint density at radius 1 is 1.30 bits per heavy atom. The maximum absolute atomic E-state index is 5.69. The van der Waals surface area contributed by atoms with Gasteiger partial charge in [-0.15, -0.1) is 0 Å². The molecule has 1 aliphatic heterocycles. The number of benzene rings is 1. The first-order valence-corrected chi connectivity index (χ1v) is 7.78. The zero-order chi connectivity index (χ0) is 14.5. The van der Waals surface area contributed by atoms with Crippen molar-refractivity contribution in [2.45, 2.75) is 45.8 Å². The molecule has 3 nitrogen and oxygen atoms in total. The maximum Gasteiger partial charge on any atom is 0.0645 e. The molecule has 0 saturated heterocycles. The fourth-order valence-electron chi connectivity index (χ4n) is 2.76. The number of rotatable bonds is 6. The second kappa shape index (κ2) is 7.09. The van der Waals surface area contributed by atoms with Gasteiger partial charge in [0.2, 0.25) is 0 Å². The fourth-order valence-corrected chi connectivity index (χ4v) is 2.76. The molecule has 1 aliphatic rings. The molecule has 0 bridgehead atoms. The molecule has 1 atom stereocenters. The Morgan fingerprint density at radius 3 is 2.80 bits per heavy atom.